The maximum absolute atomic E-state index is 12.3. The number of para-hydroxylation sites is 1. The number of hydrogen-bond donors (Lipinski definition) is 1. The molecule has 2 aromatic rings. The minimum atomic E-state index is 0.198. The van der Waals surface area contributed by atoms with Crippen molar-refractivity contribution in [1.82, 2.24) is 4.57 Å². The van der Waals surface area contributed by atoms with Crippen LogP contribution in [0.3, 0.4) is 0 Å². The van der Waals surface area contributed by atoms with Crippen LogP contribution in [-0.4, -0.2) is 17.0 Å². The molecule has 0 unspecified atom stereocenters. The van der Waals surface area contributed by atoms with Crippen LogP contribution in [0.5, 0.6) is 0 Å². The van der Waals surface area contributed by atoms with E-state index in [-0.39, 0.29) is 5.91 Å². The Morgan fingerprint density at radius 1 is 1.22 bits per heavy atom. The molecule has 3 N–H and O–H groups in total. The number of carbonyl (C=O) groups excluding carboxylic acids is 1. The Kier molecular flexibility index (Phi) is 2.92. The lowest BCUT2D eigenvalue weighted by atomic mass is 9.95. The molecule has 1 aromatic heterocycles. The molecule has 0 radical (unpaired) electrons. The first-order valence-corrected chi connectivity index (χ1v) is 6.76. The maximum atomic E-state index is 12.3. The predicted octanol–water partition coefficient (Wildman–Crippen LogP) is 1.79. The summed E-state index contributed by atoms with van der Waals surface area (Å²) >= 11 is 0. The largest absolute Gasteiger partial charge is 0.357 e. The van der Waals surface area contributed by atoms with Crippen molar-refractivity contribution in [2.75, 3.05) is 6.54 Å². The van der Waals surface area contributed by atoms with Crippen molar-refractivity contribution in [3.8, 4) is 0 Å². The van der Waals surface area contributed by atoms with Gasteiger partial charge in [-0.15, -0.1) is 0 Å². The van der Waals surface area contributed by atoms with E-state index >= 15 is 0 Å². The molecule has 18 heavy (non-hydrogen) atoms. The number of aromatic nitrogens is 1. The van der Waals surface area contributed by atoms with Gasteiger partial charge in [0.05, 0.1) is 18.5 Å². The predicted molar refractivity (Wildman–Crippen MR) is 71.6 cm³/mol. The average molecular weight is 243 g/mol. The van der Waals surface area contributed by atoms with Crippen LogP contribution < -0.4 is 5.73 Å². The fraction of sp³-hybridized carbons (Fsp3) is 0.400. The van der Waals surface area contributed by atoms with E-state index in [1.807, 2.05) is 10.6 Å². The van der Waals surface area contributed by atoms with E-state index in [1.165, 1.54) is 29.5 Å². The normalized spacial score (nSPS) is 14.7. The van der Waals surface area contributed by atoms with Gasteiger partial charge in [0, 0.05) is 11.1 Å². The molecule has 1 aliphatic rings. The fourth-order valence-electron chi connectivity index (χ4n) is 3.04. The molecule has 0 spiro atoms. The first-order chi connectivity index (χ1) is 8.83. The first kappa shape index (κ1) is 11.5. The van der Waals surface area contributed by atoms with Gasteiger partial charge in [0.15, 0.2) is 0 Å². The van der Waals surface area contributed by atoms with Crippen molar-refractivity contribution in [2.24, 2.45) is 0 Å². The summed E-state index contributed by atoms with van der Waals surface area (Å²) in [5.74, 6) is 0.198. The van der Waals surface area contributed by atoms with Crippen molar-refractivity contribution in [3.63, 3.8) is 0 Å². The summed E-state index contributed by atoms with van der Waals surface area (Å²) in [7, 11) is 0. The molecule has 0 bridgehead atoms. The highest BCUT2D eigenvalue weighted by Crippen LogP contribution is 2.32. The van der Waals surface area contributed by atoms with Crippen LogP contribution in [0.1, 0.15) is 35.3 Å². The summed E-state index contributed by atoms with van der Waals surface area (Å²) in [5, 5.41) is 1.27. The summed E-state index contributed by atoms with van der Waals surface area (Å²) in [6.45, 7) is 0.667. The zero-order valence-corrected chi connectivity index (χ0v) is 10.6. The van der Waals surface area contributed by atoms with E-state index < -0.39 is 0 Å². The summed E-state index contributed by atoms with van der Waals surface area (Å²) < 4.78 is 1.95. The van der Waals surface area contributed by atoms with Crippen LogP contribution >= 0.6 is 0 Å². The minimum absolute atomic E-state index is 0.198. The highest BCUT2D eigenvalue weighted by molar-refractivity contribution is 5.96. The van der Waals surface area contributed by atoms with Gasteiger partial charge in [-0.05, 0) is 37.3 Å². The molecule has 3 nitrogen and oxygen atoms in total. The summed E-state index contributed by atoms with van der Waals surface area (Å²) in [6.07, 6.45) is 5.12. The van der Waals surface area contributed by atoms with Gasteiger partial charge in [0.1, 0.15) is 0 Å². The molecular weight excluding hydrogens is 224 g/mol. The number of fused-ring (bicyclic) bond motifs is 3. The Bertz CT molecular complexity index is 598. The third-order valence-corrected chi connectivity index (χ3v) is 3.82. The van der Waals surface area contributed by atoms with Gasteiger partial charge in [-0.2, -0.15) is 0 Å². The summed E-state index contributed by atoms with van der Waals surface area (Å²) in [6, 6.07) is 8.29. The zero-order chi connectivity index (χ0) is 12.5. The molecule has 94 valence electrons. The van der Waals surface area contributed by atoms with E-state index in [0.29, 0.717) is 13.0 Å². The highest BCUT2D eigenvalue weighted by Gasteiger charge is 2.22. The van der Waals surface area contributed by atoms with Gasteiger partial charge in [0.25, 0.3) is 0 Å². The second-order valence-electron chi connectivity index (χ2n) is 4.98. The number of carbonyl (C=O) groups is 1. The summed E-state index contributed by atoms with van der Waals surface area (Å²) in [4.78, 5) is 12.3. The first-order valence-electron chi connectivity index (χ1n) is 6.76. The molecule has 0 atom stereocenters. The molecule has 0 amide bonds. The molecule has 1 aliphatic carbocycles. The number of aryl methyl sites for hydroxylation is 1. The number of rotatable bonds is 2. The lowest BCUT2D eigenvalue weighted by molar-refractivity contribution is -0.365. The Morgan fingerprint density at radius 2 is 2.00 bits per heavy atom. The molecule has 0 saturated carbocycles. The lowest BCUT2D eigenvalue weighted by Gasteiger charge is -2.14. The molecule has 1 heterocycles. The van der Waals surface area contributed by atoms with Gasteiger partial charge < -0.3 is 5.73 Å². The molecule has 0 aliphatic heterocycles. The number of hydrogen-bond acceptors (Lipinski definition) is 1. The highest BCUT2D eigenvalue weighted by atomic mass is 16.2. The van der Waals surface area contributed by atoms with Crippen LogP contribution in [0.25, 0.3) is 10.9 Å². The minimum Gasteiger partial charge on any atom is -0.357 e. The summed E-state index contributed by atoms with van der Waals surface area (Å²) in [5.41, 5.74) is 7.53. The molecule has 3 heteroatoms. The third kappa shape index (κ3) is 1.66. The van der Waals surface area contributed by atoms with Crippen LogP contribution in [0.4, 0.5) is 0 Å². The average Bonchev–Trinajstić information content (AvgIpc) is 2.73. The van der Waals surface area contributed by atoms with Gasteiger partial charge >= 0.3 is 0 Å². The van der Waals surface area contributed by atoms with Gasteiger partial charge in [0.2, 0.25) is 5.91 Å². The van der Waals surface area contributed by atoms with Gasteiger partial charge in [-0.3, -0.25) is 9.36 Å². The second-order valence-corrected chi connectivity index (χ2v) is 4.98. The molecule has 0 fully saturated rings. The third-order valence-electron chi connectivity index (χ3n) is 3.82. The van der Waals surface area contributed by atoms with E-state index in [2.05, 4.69) is 23.9 Å². The molecule has 3 rings (SSSR count). The molecule has 1 aromatic carbocycles. The quantitative estimate of drug-likeness (QED) is 0.859. The molecule has 0 saturated heterocycles. The van der Waals surface area contributed by atoms with E-state index in [1.54, 1.807) is 0 Å². The fourth-order valence-corrected chi connectivity index (χ4v) is 3.04. The Hall–Kier alpha value is -1.61. The smallest absolute Gasteiger partial charge is 0.236 e. The second kappa shape index (κ2) is 4.58. The van der Waals surface area contributed by atoms with E-state index in [0.717, 1.165) is 18.4 Å². The lowest BCUT2D eigenvalue weighted by Crippen LogP contribution is -2.51. The topological polar surface area (TPSA) is 49.6 Å². The number of benzene rings is 1. The Morgan fingerprint density at radius 3 is 2.83 bits per heavy atom. The van der Waals surface area contributed by atoms with Crippen molar-refractivity contribution >= 4 is 16.8 Å². The van der Waals surface area contributed by atoms with Gasteiger partial charge in [-0.25, -0.2) is 0 Å². The zero-order valence-electron chi connectivity index (χ0n) is 10.6. The number of nitrogens with zero attached hydrogens (tertiary/aromatic N) is 1. The standard InChI is InChI=1S/C15H18N2O/c16-10-9-15(18)17-13-7-3-1-5-11(13)12-6-2-4-8-14(12)17/h1,3,5,7H,2,4,6,8-10,16H2/p+1. The van der Waals surface area contributed by atoms with Crippen LogP contribution in [-0.2, 0) is 12.8 Å². The van der Waals surface area contributed by atoms with Gasteiger partial charge in [-0.1, -0.05) is 18.2 Å². The Labute approximate surface area is 107 Å². The maximum Gasteiger partial charge on any atom is 0.236 e. The van der Waals surface area contributed by atoms with E-state index in [4.69, 9.17) is 0 Å². The SMILES string of the molecule is [NH3+]CCC(=O)n1c2c(c3ccccc31)CCCC2. The number of quaternary nitrogens is 1. The Balaban J connectivity index is 2.25. The molecular formula is C15H19N2O+. The van der Waals surface area contributed by atoms with Crippen molar-refractivity contribution in [1.29, 1.82) is 0 Å². The van der Waals surface area contributed by atoms with E-state index in [9.17, 15) is 4.79 Å². The monoisotopic (exact) mass is 243 g/mol. The van der Waals surface area contributed by atoms with Crippen molar-refractivity contribution < 1.29 is 10.5 Å². The van der Waals surface area contributed by atoms with Crippen LogP contribution in [0.15, 0.2) is 24.3 Å². The van der Waals surface area contributed by atoms with Crippen molar-refractivity contribution in [2.45, 2.75) is 32.1 Å². The van der Waals surface area contributed by atoms with Crippen LogP contribution in [0.2, 0.25) is 0 Å². The van der Waals surface area contributed by atoms with Crippen molar-refractivity contribution in [3.05, 3.63) is 35.5 Å². The van der Waals surface area contributed by atoms with Crippen LogP contribution in [0, 0.1) is 0 Å².